The summed E-state index contributed by atoms with van der Waals surface area (Å²) in [6.07, 6.45) is 0. The number of hydrogen-bond donors (Lipinski definition) is 3. The fraction of sp³-hybridized carbons (Fsp3) is 0.385. The Morgan fingerprint density at radius 3 is 2.79 bits per heavy atom. The summed E-state index contributed by atoms with van der Waals surface area (Å²) in [6.45, 7) is 4.51. The molecule has 0 aliphatic carbocycles. The molecule has 1 rings (SSSR count). The van der Waals surface area contributed by atoms with Gasteiger partial charge in [0.1, 0.15) is 5.75 Å². The van der Waals surface area contributed by atoms with E-state index in [2.05, 4.69) is 10.5 Å². The number of oxime groups is 1. The van der Waals surface area contributed by atoms with Crippen LogP contribution < -0.4 is 15.8 Å². The predicted octanol–water partition coefficient (Wildman–Crippen LogP) is 0.932. The molecule has 0 unspecified atom stereocenters. The van der Waals surface area contributed by atoms with Crippen LogP contribution >= 0.6 is 0 Å². The molecule has 0 bridgehead atoms. The van der Waals surface area contributed by atoms with Gasteiger partial charge >= 0.3 is 0 Å². The lowest BCUT2D eigenvalue weighted by Gasteiger charge is -2.11. The van der Waals surface area contributed by atoms with Crippen molar-refractivity contribution in [3.63, 3.8) is 0 Å². The van der Waals surface area contributed by atoms with E-state index in [-0.39, 0.29) is 18.3 Å². The standard InChI is InChI=1S/C13H19N3O3/c1-9(2)7-15-12(17)8-19-11-6-4-3-5-10(11)13(14)16-18/h3-6,9,18H,7-8H2,1-2H3,(H2,14,16)(H,15,17). The van der Waals surface area contributed by atoms with E-state index in [1.807, 2.05) is 13.8 Å². The molecule has 1 amide bonds. The Bertz CT molecular complexity index is 458. The molecule has 0 heterocycles. The Kier molecular flexibility index (Phi) is 5.66. The van der Waals surface area contributed by atoms with Gasteiger partial charge in [0.15, 0.2) is 12.4 Å². The van der Waals surface area contributed by atoms with Crippen molar-refractivity contribution in [1.82, 2.24) is 5.32 Å². The van der Waals surface area contributed by atoms with Crippen molar-refractivity contribution in [2.75, 3.05) is 13.2 Å². The Balaban J connectivity index is 2.60. The minimum Gasteiger partial charge on any atom is -0.483 e. The third-order valence-electron chi connectivity index (χ3n) is 2.34. The molecule has 4 N–H and O–H groups in total. The molecular formula is C13H19N3O3. The van der Waals surface area contributed by atoms with Crippen LogP contribution in [0.4, 0.5) is 0 Å². The van der Waals surface area contributed by atoms with Crippen LogP contribution in [0.5, 0.6) is 5.75 Å². The van der Waals surface area contributed by atoms with Gasteiger partial charge in [-0.3, -0.25) is 4.79 Å². The van der Waals surface area contributed by atoms with Crippen LogP contribution in [0.3, 0.4) is 0 Å². The van der Waals surface area contributed by atoms with Gasteiger partial charge < -0.3 is 21.0 Å². The molecule has 0 radical (unpaired) electrons. The third-order valence-corrected chi connectivity index (χ3v) is 2.34. The van der Waals surface area contributed by atoms with Crippen molar-refractivity contribution in [3.05, 3.63) is 29.8 Å². The van der Waals surface area contributed by atoms with Gasteiger partial charge in [-0.2, -0.15) is 0 Å². The highest BCUT2D eigenvalue weighted by atomic mass is 16.5. The van der Waals surface area contributed by atoms with E-state index in [1.165, 1.54) is 0 Å². The molecule has 1 aromatic rings. The van der Waals surface area contributed by atoms with E-state index in [4.69, 9.17) is 15.7 Å². The maximum absolute atomic E-state index is 11.5. The summed E-state index contributed by atoms with van der Waals surface area (Å²) in [5.74, 6) is 0.520. The molecule has 0 saturated heterocycles. The normalized spacial score (nSPS) is 11.4. The number of rotatable bonds is 6. The highest BCUT2D eigenvalue weighted by Gasteiger charge is 2.09. The zero-order valence-electron chi connectivity index (χ0n) is 11.1. The van der Waals surface area contributed by atoms with Crippen LogP contribution in [0.25, 0.3) is 0 Å². The van der Waals surface area contributed by atoms with Crippen LogP contribution in [0.1, 0.15) is 19.4 Å². The highest BCUT2D eigenvalue weighted by Crippen LogP contribution is 2.17. The first-order chi connectivity index (χ1) is 9.04. The summed E-state index contributed by atoms with van der Waals surface area (Å²) in [5.41, 5.74) is 5.97. The number of carbonyl (C=O) groups excluding carboxylic acids is 1. The van der Waals surface area contributed by atoms with Gasteiger partial charge in [0.2, 0.25) is 0 Å². The molecule has 0 saturated carbocycles. The second-order valence-electron chi connectivity index (χ2n) is 4.47. The number of carbonyl (C=O) groups is 1. The summed E-state index contributed by atoms with van der Waals surface area (Å²) >= 11 is 0. The maximum Gasteiger partial charge on any atom is 0.257 e. The SMILES string of the molecule is CC(C)CNC(=O)COc1ccccc1/C(N)=N/O. The van der Waals surface area contributed by atoms with Gasteiger partial charge in [-0.25, -0.2) is 0 Å². The van der Waals surface area contributed by atoms with E-state index in [1.54, 1.807) is 24.3 Å². The number of para-hydroxylation sites is 1. The molecule has 0 fully saturated rings. The number of nitrogens with zero attached hydrogens (tertiary/aromatic N) is 1. The smallest absolute Gasteiger partial charge is 0.257 e. The second-order valence-corrected chi connectivity index (χ2v) is 4.47. The first-order valence-corrected chi connectivity index (χ1v) is 6.01. The lowest BCUT2D eigenvalue weighted by molar-refractivity contribution is -0.123. The minimum absolute atomic E-state index is 0.0572. The van der Waals surface area contributed by atoms with E-state index in [0.717, 1.165) is 0 Å². The lowest BCUT2D eigenvalue weighted by atomic mass is 10.2. The Hall–Kier alpha value is -2.24. The zero-order valence-corrected chi connectivity index (χ0v) is 11.1. The lowest BCUT2D eigenvalue weighted by Crippen LogP contribution is -2.32. The monoisotopic (exact) mass is 265 g/mol. The Labute approximate surface area is 112 Å². The van der Waals surface area contributed by atoms with Crippen molar-refractivity contribution in [2.24, 2.45) is 16.8 Å². The van der Waals surface area contributed by atoms with E-state index in [0.29, 0.717) is 23.8 Å². The number of amidine groups is 1. The number of nitrogens with one attached hydrogen (secondary N) is 1. The molecule has 6 nitrogen and oxygen atoms in total. The third kappa shape index (κ3) is 4.87. The quantitative estimate of drug-likeness (QED) is 0.308. The average Bonchev–Trinajstić information content (AvgIpc) is 2.42. The number of benzene rings is 1. The Morgan fingerprint density at radius 1 is 1.47 bits per heavy atom. The average molecular weight is 265 g/mol. The summed E-state index contributed by atoms with van der Waals surface area (Å²) in [7, 11) is 0. The zero-order chi connectivity index (χ0) is 14.3. The molecule has 0 aliphatic heterocycles. The van der Waals surface area contributed by atoms with Crippen molar-refractivity contribution >= 4 is 11.7 Å². The molecular weight excluding hydrogens is 246 g/mol. The van der Waals surface area contributed by atoms with Crippen LogP contribution in [0, 0.1) is 5.92 Å². The largest absolute Gasteiger partial charge is 0.483 e. The fourth-order valence-corrected chi connectivity index (χ4v) is 1.37. The van der Waals surface area contributed by atoms with E-state index in [9.17, 15) is 4.79 Å². The number of nitrogens with two attached hydrogens (primary N) is 1. The van der Waals surface area contributed by atoms with Gasteiger partial charge in [-0.1, -0.05) is 31.1 Å². The summed E-state index contributed by atoms with van der Waals surface area (Å²) in [5, 5.41) is 14.3. The van der Waals surface area contributed by atoms with Crippen LogP contribution in [-0.2, 0) is 4.79 Å². The topological polar surface area (TPSA) is 96.9 Å². The number of ether oxygens (including phenoxy) is 1. The molecule has 0 spiro atoms. The molecule has 0 aromatic heterocycles. The van der Waals surface area contributed by atoms with Crippen LogP contribution in [0.2, 0.25) is 0 Å². The van der Waals surface area contributed by atoms with Crippen LogP contribution in [-0.4, -0.2) is 30.1 Å². The van der Waals surface area contributed by atoms with E-state index >= 15 is 0 Å². The Morgan fingerprint density at radius 2 is 2.16 bits per heavy atom. The molecule has 1 aromatic carbocycles. The fourth-order valence-electron chi connectivity index (χ4n) is 1.37. The first-order valence-electron chi connectivity index (χ1n) is 6.01. The predicted molar refractivity (Wildman–Crippen MR) is 72.3 cm³/mol. The van der Waals surface area contributed by atoms with E-state index < -0.39 is 0 Å². The van der Waals surface area contributed by atoms with Crippen molar-refractivity contribution in [2.45, 2.75) is 13.8 Å². The van der Waals surface area contributed by atoms with Crippen molar-refractivity contribution in [3.8, 4) is 5.75 Å². The number of amides is 1. The summed E-state index contributed by atoms with van der Waals surface area (Å²) in [6, 6.07) is 6.79. The van der Waals surface area contributed by atoms with Gasteiger partial charge in [-0.15, -0.1) is 0 Å². The molecule has 104 valence electrons. The van der Waals surface area contributed by atoms with Gasteiger partial charge in [0.25, 0.3) is 5.91 Å². The summed E-state index contributed by atoms with van der Waals surface area (Å²) < 4.78 is 5.37. The molecule has 19 heavy (non-hydrogen) atoms. The molecule has 0 aliphatic rings. The van der Waals surface area contributed by atoms with Crippen LogP contribution in [0.15, 0.2) is 29.4 Å². The summed E-state index contributed by atoms with van der Waals surface area (Å²) in [4.78, 5) is 11.5. The van der Waals surface area contributed by atoms with Crippen molar-refractivity contribution in [1.29, 1.82) is 0 Å². The molecule has 6 heteroatoms. The first kappa shape index (κ1) is 14.8. The maximum atomic E-state index is 11.5. The van der Waals surface area contributed by atoms with Gasteiger partial charge in [0.05, 0.1) is 5.56 Å². The minimum atomic E-state index is -0.206. The van der Waals surface area contributed by atoms with Crippen molar-refractivity contribution < 1.29 is 14.7 Å². The van der Waals surface area contributed by atoms with Gasteiger partial charge in [-0.05, 0) is 18.1 Å². The number of hydrogen-bond acceptors (Lipinski definition) is 4. The highest BCUT2D eigenvalue weighted by molar-refractivity contribution is 5.99. The second kappa shape index (κ2) is 7.25. The van der Waals surface area contributed by atoms with Gasteiger partial charge in [0, 0.05) is 6.54 Å². The molecule has 0 atom stereocenters.